The van der Waals surface area contributed by atoms with Crippen molar-refractivity contribution in [3.8, 4) is 11.1 Å². The zero-order valence-corrected chi connectivity index (χ0v) is 16.8. The fourth-order valence-corrected chi connectivity index (χ4v) is 6.99. The first kappa shape index (κ1) is 17.3. The molecule has 0 saturated carbocycles. The molecule has 0 fully saturated rings. The molecule has 0 heterocycles. The third-order valence-corrected chi connectivity index (χ3v) is 9.02. The molecule has 0 aromatic heterocycles. The van der Waals surface area contributed by atoms with E-state index in [9.17, 15) is 0 Å². The van der Waals surface area contributed by atoms with Crippen LogP contribution < -0.4 is 0 Å². The van der Waals surface area contributed by atoms with Gasteiger partial charge in [-0.15, -0.1) is 0 Å². The molecule has 0 N–H and O–H groups in total. The average Bonchev–Trinajstić information content (AvgIpc) is 2.94. The number of ether oxygens (including phenoxy) is 1. The molecular formula is C24H26OSi. The summed E-state index contributed by atoms with van der Waals surface area (Å²) in [6.07, 6.45) is 0. The van der Waals surface area contributed by atoms with Crippen LogP contribution in [0.2, 0.25) is 19.6 Å². The highest BCUT2D eigenvalue weighted by Crippen LogP contribution is 2.53. The molecule has 132 valence electrons. The van der Waals surface area contributed by atoms with Crippen LogP contribution in [-0.2, 0) is 16.4 Å². The summed E-state index contributed by atoms with van der Waals surface area (Å²) < 4.78 is 6.38. The third kappa shape index (κ3) is 2.65. The smallest absolute Gasteiger partial charge is 0.0717 e. The van der Waals surface area contributed by atoms with E-state index in [1.165, 1.54) is 27.8 Å². The van der Waals surface area contributed by atoms with Crippen molar-refractivity contribution >= 4 is 8.07 Å². The summed E-state index contributed by atoms with van der Waals surface area (Å²) in [5, 5.41) is -0.00499. The molecule has 0 spiro atoms. The molecule has 1 nitrogen and oxygen atoms in total. The minimum atomic E-state index is -1.64. The minimum Gasteiger partial charge on any atom is -0.376 e. The van der Waals surface area contributed by atoms with Gasteiger partial charge in [-0.2, -0.15) is 0 Å². The van der Waals surface area contributed by atoms with Crippen molar-refractivity contribution in [1.82, 2.24) is 0 Å². The molecule has 0 radical (unpaired) electrons. The van der Waals surface area contributed by atoms with Crippen LogP contribution in [0, 0.1) is 0 Å². The highest BCUT2D eigenvalue weighted by Gasteiger charge is 2.52. The molecule has 0 atom stereocenters. The zero-order valence-electron chi connectivity index (χ0n) is 15.8. The fourth-order valence-electron chi connectivity index (χ4n) is 4.40. The molecule has 2 heteroatoms. The summed E-state index contributed by atoms with van der Waals surface area (Å²) in [7, 11) is -1.64. The van der Waals surface area contributed by atoms with Gasteiger partial charge in [-0.25, -0.2) is 0 Å². The summed E-state index contributed by atoms with van der Waals surface area (Å²) in [6.45, 7) is 8.82. The number of rotatable bonds is 5. The van der Waals surface area contributed by atoms with Crippen molar-refractivity contribution in [2.45, 2.75) is 31.3 Å². The van der Waals surface area contributed by atoms with E-state index in [0.29, 0.717) is 6.61 Å². The molecule has 4 rings (SSSR count). The van der Waals surface area contributed by atoms with Crippen LogP contribution in [-0.4, -0.2) is 14.7 Å². The Bertz CT molecular complexity index is 863. The van der Waals surface area contributed by atoms with E-state index >= 15 is 0 Å². The first-order chi connectivity index (χ1) is 12.5. The Kier molecular flexibility index (Phi) is 4.34. The topological polar surface area (TPSA) is 9.23 Å². The van der Waals surface area contributed by atoms with Gasteiger partial charge in [0, 0.05) is 5.04 Å². The van der Waals surface area contributed by atoms with E-state index in [-0.39, 0.29) is 5.04 Å². The first-order valence-corrected chi connectivity index (χ1v) is 12.8. The van der Waals surface area contributed by atoms with Crippen molar-refractivity contribution in [1.29, 1.82) is 0 Å². The Hall–Kier alpha value is -2.16. The highest BCUT2D eigenvalue weighted by atomic mass is 28.3. The van der Waals surface area contributed by atoms with Crippen LogP contribution in [0.25, 0.3) is 11.1 Å². The summed E-state index contributed by atoms with van der Waals surface area (Å²) in [6, 6.07) is 28.3. The predicted octanol–water partition coefficient (Wildman–Crippen LogP) is 6.05. The van der Waals surface area contributed by atoms with E-state index < -0.39 is 8.07 Å². The van der Waals surface area contributed by atoms with E-state index in [1.807, 2.05) is 0 Å². The van der Waals surface area contributed by atoms with Gasteiger partial charge in [0.2, 0.25) is 0 Å². The van der Waals surface area contributed by atoms with Gasteiger partial charge >= 0.3 is 0 Å². The lowest BCUT2D eigenvalue weighted by Crippen LogP contribution is -2.52. The van der Waals surface area contributed by atoms with Crippen LogP contribution >= 0.6 is 0 Å². The molecule has 3 aromatic rings. The van der Waals surface area contributed by atoms with Gasteiger partial charge in [0.25, 0.3) is 0 Å². The van der Waals surface area contributed by atoms with Crippen LogP contribution in [0.15, 0.2) is 78.9 Å². The molecule has 1 aliphatic rings. The van der Waals surface area contributed by atoms with Crippen LogP contribution in [0.5, 0.6) is 0 Å². The van der Waals surface area contributed by atoms with Crippen molar-refractivity contribution in [2.24, 2.45) is 0 Å². The molecule has 0 aliphatic heterocycles. The highest BCUT2D eigenvalue weighted by molar-refractivity contribution is 6.80. The number of hydrogen-bond donors (Lipinski definition) is 0. The van der Waals surface area contributed by atoms with Crippen molar-refractivity contribution in [3.05, 3.63) is 95.6 Å². The molecule has 3 aromatic carbocycles. The maximum atomic E-state index is 6.38. The maximum Gasteiger partial charge on any atom is 0.0717 e. The second-order valence-electron chi connectivity index (χ2n) is 8.22. The second kappa shape index (κ2) is 6.53. The lowest BCUT2D eigenvalue weighted by Gasteiger charge is -2.42. The largest absolute Gasteiger partial charge is 0.376 e. The van der Waals surface area contributed by atoms with Gasteiger partial charge in [0.15, 0.2) is 0 Å². The van der Waals surface area contributed by atoms with Gasteiger partial charge in [0.1, 0.15) is 0 Å². The molecule has 0 saturated heterocycles. The summed E-state index contributed by atoms with van der Waals surface area (Å²) in [5.41, 5.74) is 6.90. The first-order valence-electron chi connectivity index (χ1n) is 9.35. The third-order valence-electron chi connectivity index (χ3n) is 5.77. The van der Waals surface area contributed by atoms with Crippen molar-refractivity contribution in [3.63, 3.8) is 0 Å². The van der Waals surface area contributed by atoms with E-state index in [1.54, 1.807) is 0 Å². The van der Waals surface area contributed by atoms with Crippen LogP contribution in [0.1, 0.15) is 16.7 Å². The molecule has 0 bridgehead atoms. The standard InChI is InChI=1S/C24H26OSi/c1-26(2,3)24(18-25-17-19-11-5-4-6-12-19)22-15-9-7-13-20(22)21-14-8-10-16-23(21)24/h4-16H,17-18H2,1-3H3. The molecular weight excluding hydrogens is 332 g/mol. The van der Waals surface area contributed by atoms with Crippen LogP contribution in [0.3, 0.4) is 0 Å². The van der Waals surface area contributed by atoms with Gasteiger partial charge < -0.3 is 4.74 Å². The SMILES string of the molecule is C[Si](C)(C)C1(COCc2ccccc2)c2ccccc2-c2ccccc21. The monoisotopic (exact) mass is 358 g/mol. The van der Waals surface area contributed by atoms with E-state index in [0.717, 1.165) is 6.61 Å². The molecule has 0 amide bonds. The van der Waals surface area contributed by atoms with Crippen molar-refractivity contribution in [2.75, 3.05) is 6.61 Å². The number of fused-ring (bicyclic) bond motifs is 3. The van der Waals surface area contributed by atoms with E-state index in [4.69, 9.17) is 4.74 Å². The zero-order chi connectivity index (χ0) is 18.2. The number of benzene rings is 3. The minimum absolute atomic E-state index is 0.00499. The summed E-state index contributed by atoms with van der Waals surface area (Å²) >= 11 is 0. The second-order valence-corrected chi connectivity index (χ2v) is 13.6. The summed E-state index contributed by atoms with van der Waals surface area (Å²) in [4.78, 5) is 0. The Morgan fingerprint density at radius 2 is 1.19 bits per heavy atom. The Morgan fingerprint density at radius 1 is 0.692 bits per heavy atom. The molecule has 26 heavy (non-hydrogen) atoms. The Labute approximate surface area is 157 Å². The van der Waals surface area contributed by atoms with Crippen LogP contribution in [0.4, 0.5) is 0 Å². The van der Waals surface area contributed by atoms with Gasteiger partial charge in [-0.05, 0) is 27.8 Å². The maximum absolute atomic E-state index is 6.38. The van der Waals surface area contributed by atoms with Gasteiger partial charge in [-0.1, -0.05) is 98.5 Å². The predicted molar refractivity (Wildman–Crippen MR) is 112 cm³/mol. The average molecular weight is 359 g/mol. The molecule has 1 aliphatic carbocycles. The fraction of sp³-hybridized carbons (Fsp3) is 0.250. The Morgan fingerprint density at radius 3 is 1.73 bits per heavy atom. The normalized spacial score (nSPS) is 14.7. The molecule has 0 unspecified atom stereocenters. The quantitative estimate of drug-likeness (QED) is 0.505. The van der Waals surface area contributed by atoms with Gasteiger partial charge in [0.05, 0.1) is 21.3 Å². The number of hydrogen-bond acceptors (Lipinski definition) is 1. The summed E-state index contributed by atoms with van der Waals surface area (Å²) in [5.74, 6) is 0. The van der Waals surface area contributed by atoms with Crippen molar-refractivity contribution < 1.29 is 4.74 Å². The van der Waals surface area contributed by atoms with Gasteiger partial charge in [-0.3, -0.25) is 0 Å². The lowest BCUT2D eigenvalue weighted by atomic mass is 9.96. The lowest BCUT2D eigenvalue weighted by molar-refractivity contribution is 0.103. The Balaban J connectivity index is 1.77. The van der Waals surface area contributed by atoms with E-state index in [2.05, 4.69) is 98.5 Å².